The van der Waals surface area contributed by atoms with Gasteiger partial charge in [0.1, 0.15) is 5.82 Å². The lowest BCUT2D eigenvalue weighted by molar-refractivity contribution is 0.598. The third-order valence-corrected chi connectivity index (χ3v) is 3.36. The Bertz CT molecular complexity index is 493. The van der Waals surface area contributed by atoms with Gasteiger partial charge in [-0.25, -0.2) is 4.98 Å². The van der Waals surface area contributed by atoms with Crippen molar-refractivity contribution in [2.24, 2.45) is 0 Å². The molecule has 2 aromatic rings. The summed E-state index contributed by atoms with van der Waals surface area (Å²) >= 11 is 0. The molecule has 1 atom stereocenters. The largest absolute Gasteiger partial charge is 0.363 e. The second-order valence-corrected chi connectivity index (χ2v) is 4.50. The van der Waals surface area contributed by atoms with Crippen LogP contribution in [0.15, 0.2) is 48.7 Å². The number of nitrogens with zero attached hydrogens (tertiary/aromatic N) is 1. The number of benzene rings is 1. The average Bonchev–Trinajstić information content (AvgIpc) is 2.40. The Hall–Kier alpha value is -1.83. The molecule has 0 saturated carbocycles. The van der Waals surface area contributed by atoms with Gasteiger partial charge in [-0.15, -0.1) is 0 Å². The molecule has 0 aliphatic heterocycles. The molecule has 0 saturated heterocycles. The molecule has 1 heterocycles. The van der Waals surface area contributed by atoms with E-state index in [9.17, 15) is 0 Å². The van der Waals surface area contributed by atoms with E-state index in [1.54, 1.807) is 0 Å². The second kappa shape index (κ2) is 4.58. The highest BCUT2D eigenvalue weighted by Crippen LogP contribution is 2.31. The zero-order valence-electron chi connectivity index (χ0n) is 9.76. The van der Waals surface area contributed by atoms with E-state index in [4.69, 9.17) is 0 Å². The fourth-order valence-electron chi connectivity index (χ4n) is 2.53. The Kier molecular flexibility index (Phi) is 2.78. The minimum atomic E-state index is 0.412. The third kappa shape index (κ3) is 2.16. The summed E-state index contributed by atoms with van der Waals surface area (Å²) in [5, 5.41) is 3.53. The Morgan fingerprint density at radius 3 is 2.82 bits per heavy atom. The first kappa shape index (κ1) is 10.3. The first-order valence-electron chi connectivity index (χ1n) is 6.19. The summed E-state index contributed by atoms with van der Waals surface area (Å²) in [5.41, 5.74) is 2.91. The lowest BCUT2D eigenvalue weighted by Crippen LogP contribution is -2.17. The molecule has 1 aromatic heterocycles. The first-order valence-corrected chi connectivity index (χ1v) is 6.19. The van der Waals surface area contributed by atoms with E-state index in [1.807, 2.05) is 24.4 Å². The zero-order chi connectivity index (χ0) is 11.5. The summed E-state index contributed by atoms with van der Waals surface area (Å²) in [6.07, 6.45) is 5.47. The maximum Gasteiger partial charge on any atom is 0.126 e. The maximum atomic E-state index is 4.33. The van der Waals surface area contributed by atoms with Crippen LogP contribution in [0.5, 0.6) is 0 Å². The number of rotatable bonds is 2. The minimum Gasteiger partial charge on any atom is -0.363 e. The van der Waals surface area contributed by atoms with Crippen LogP contribution in [-0.2, 0) is 6.42 Å². The van der Waals surface area contributed by atoms with Crippen molar-refractivity contribution in [2.45, 2.75) is 25.3 Å². The molecule has 1 aromatic carbocycles. The highest BCUT2D eigenvalue weighted by atomic mass is 15.0. The van der Waals surface area contributed by atoms with Gasteiger partial charge >= 0.3 is 0 Å². The molecule has 0 radical (unpaired) electrons. The van der Waals surface area contributed by atoms with Crippen LogP contribution in [0.25, 0.3) is 0 Å². The SMILES string of the molecule is c1ccc(N[C@@H]2CCCc3ccccc32)nc1. The average molecular weight is 224 g/mol. The molecular formula is C15H16N2. The van der Waals surface area contributed by atoms with Crippen molar-refractivity contribution in [1.82, 2.24) is 4.98 Å². The van der Waals surface area contributed by atoms with Gasteiger partial charge in [-0.3, -0.25) is 0 Å². The molecule has 1 N–H and O–H groups in total. The highest BCUT2D eigenvalue weighted by molar-refractivity contribution is 5.41. The summed E-state index contributed by atoms with van der Waals surface area (Å²) in [5.74, 6) is 0.967. The number of anilines is 1. The zero-order valence-corrected chi connectivity index (χ0v) is 9.76. The lowest BCUT2D eigenvalue weighted by atomic mass is 9.88. The van der Waals surface area contributed by atoms with Crippen LogP contribution in [0.3, 0.4) is 0 Å². The minimum absolute atomic E-state index is 0.412. The molecule has 86 valence electrons. The van der Waals surface area contributed by atoms with E-state index in [1.165, 1.54) is 30.4 Å². The molecule has 0 amide bonds. The van der Waals surface area contributed by atoms with Gasteiger partial charge in [-0.2, -0.15) is 0 Å². The molecule has 0 spiro atoms. The van der Waals surface area contributed by atoms with Crippen molar-refractivity contribution >= 4 is 5.82 Å². The molecular weight excluding hydrogens is 208 g/mol. The van der Waals surface area contributed by atoms with Crippen molar-refractivity contribution in [1.29, 1.82) is 0 Å². The van der Waals surface area contributed by atoms with Gasteiger partial charge in [0, 0.05) is 6.20 Å². The summed E-state index contributed by atoms with van der Waals surface area (Å²) in [7, 11) is 0. The molecule has 0 unspecified atom stereocenters. The van der Waals surface area contributed by atoms with Gasteiger partial charge in [0.25, 0.3) is 0 Å². The Morgan fingerprint density at radius 1 is 1.06 bits per heavy atom. The number of aromatic nitrogens is 1. The Balaban J connectivity index is 1.86. The summed E-state index contributed by atoms with van der Waals surface area (Å²) in [6.45, 7) is 0. The quantitative estimate of drug-likeness (QED) is 0.843. The van der Waals surface area contributed by atoms with E-state index in [0.29, 0.717) is 6.04 Å². The summed E-state index contributed by atoms with van der Waals surface area (Å²) in [6, 6.07) is 15.1. The summed E-state index contributed by atoms with van der Waals surface area (Å²) in [4.78, 5) is 4.33. The number of pyridine rings is 1. The molecule has 0 bridgehead atoms. The normalized spacial score (nSPS) is 18.5. The van der Waals surface area contributed by atoms with Crippen molar-refractivity contribution in [3.63, 3.8) is 0 Å². The molecule has 1 aliphatic rings. The number of fused-ring (bicyclic) bond motifs is 1. The smallest absolute Gasteiger partial charge is 0.126 e. The van der Waals surface area contributed by atoms with Gasteiger partial charge in [-0.1, -0.05) is 30.3 Å². The van der Waals surface area contributed by atoms with Gasteiger partial charge in [0.15, 0.2) is 0 Å². The third-order valence-electron chi connectivity index (χ3n) is 3.36. The second-order valence-electron chi connectivity index (χ2n) is 4.50. The van der Waals surface area contributed by atoms with E-state index < -0.39 is 0 Å². The predicted molar refractivity (Wildman–Crippen MR) is 70.0 cm³/mol. The molecule has 2 nitrogen and oxygen atoms in total. The van der Waals surface area contributed by atoms with Crippen molar-refractivity contribution in [3.8, 4) is 0 Å². The maximum absolute atomic E-state index is 4.33. The Labute approximate surface area is 102 Å². The molecule has 2 heteroatoms. The molecule has 17 heavy (non-hydrogen) atoms. The molecule has 3 rings (SSSR count). The fourth-order valence-corrected chi connectivity index (χ4v) is 2.53. The van der Waals surface area contributed by atoms with E-state index in [0.717, 1.165) is 5.82 Å². The standard InChI is InChI=1S/C15H16N2/c1-2-8-13-12(6-1)7-5-9-14(13)17-15-10-3-4-11-16-15/h1-4,6,8,10-11,14H,5,7,9H2,(H,16,17)/t14-/m1/s1. The number of aryl methyl sites for hydroxylation is 1. The van der Waals surface area contributed by atoms with Crippen LogP contribution in [0.2, 0.25) is 0 Å². The van der Waals surface area contributed by atoms with Gasteiger partial charge in [-0.05, 0) is 42.5 Å². The fraction of sp³-hybridized carbons (Fsp3) is 0.267. The van der Waals surface area contributed by atoms with Crippen molar-refractivity contribution in [2.75, 3.05) is 5.32 Å². The lowest BCUT2D eigenvalue weighted by Gasteiger charge is -2.26. The van der Waals surface area contributed by atoms with Gasteiger partial charge < -0.3 is 5.32 Å². The Morgan fingerprint density at radius 2 is 1.94 bits per heavy atom. The highest BCUT2D eigenvalue weighted by Gasteiger charge is 2.19. The van der Waals surface area contributed by atoms with Gasteiger partial charge in [0.05, 0.1) is 6.04 Å². The van der Waals surface area contributed by atoms with Crippen molar-refractivity contribution < 1.29 is 0 Å². The number of hydrogen-bond acceptors (Lipinski definition) is 2. The van der Waals surface area contributed by atoms with Crippen LogP contribution in [-0.4, -0.2) is 4.98 Å². The van der Waals surface area contributed by atoms with Crippen LogP contribution in [0.4, 0.5) is 5.82 Å². The predicted octanol–water partition coefficient (Wildman–Crippen LogP) is 3.57. The van der Waals surface area contributed by atoms with E-state index in [2.05, 4.69) is 34.6 Å². The summed E-state index contributed by atoms with van der Waals surface area (Å²) < 4.78 is 0. The van der Waals surface area contributed by atoms with Crippen molar-refractivity contribution in [3.05, 3.63) is 59.8 Å². The number of nitrogens with one attached hydrogen (secondary N) is 1. The monoisotopic (exact) mass is 224 g/mol. The number of hydrogen-bond donors (Lipinski definition) is 1. The van der Waals surface area contributed by atoms with Crippen LogP contribution in [0.1, 0.15) is 30.0 Å². The molecule has 0 fully saturated rings. The van der Waals surface area contributed by atoms with Crippen LogP contribution < -0.4 is 5.32 Å². The van der Waals surface area contributed by atoms with Crippen LogP contribution in [0, 0.1) is 0 Å². The molecule has 1 aliphatic carbocycles. The first-order chi connectivity index (χ1) is 8.43. The van der Waals surface area contributed by atoms with Gasteiger partial charge in [0.2, 0.25) is 0 Å². The van der Waals surface area contributed by atoms with E-state index in [-0.39, 0.29) is 0 Å². The van der Waals surface area contributed by atoms with E-state index >= 15 is 0 Å². The topological polar surface area (TPSA) is 24.9 Å². The van der Waals surface area contributed by atoms with Crippen LogP contribution >= 0.6 is 0 Å².